The number of aryl methyl sites for hydroxylation is 1. The zero-order valence-electron chi connectivity index (χ0n) is 20.0. The fraction of sp³-hybridized carbons (Fsp3) is 0.308. The minimum Gasteiger partial charge on any atom is -0.496 e. The van der Waals surface area contributed by atoms with E-state index in [0.29, 0.717) is 30.4 Å². The molecular formula is C26H29N7O2. The zero-order valence-corrected chi connectivity index (χ0v) is 20.0. The summed E-state index contributed by atoms with van der Waals surface area (Å²) in [5.41, 5.74) is 8.35. The van der Waals surface area contributed by atoms with Gasteiger partial charge in [-0.3, -0.25) is 4.79 Å². The summed E-state index contributed by atoms with van der Waals surface area (Å²) in [5, 5.41) is 4.63. The lowest BCUT2D eigenvalue weighted by atomic mass is 10.1. The number of imidazole rings is 1. The molecule has 0 unspecified atom stereocenters. The van der Waals surface area contributed by atoms with E-state index in [2.05, 4.69) is 37.3 Å². The second-order valence-corrected chi connectivity index (χ2v) is 8.80. The number of pyridine rings is 2. The Morgan fingerprint density at radius 2 is 1.97 bits per heavy atom. The molecule has 3 N–H and O–H groups in total. The Hall–Kier alpha value is -4.14. The Kier molecular flexibility index (Phi) is 6.22. The van der Waals surface area contributed by atoms with Crippen molar-refractivity contribution in [2.45, 2.75) is 32.9 Å². The van der Waals surface area contributed by atoms with Crippen LogP contribution in [0.15, 0.2) is 48.9 Å². The molecule has 180 valence electrons. The van der Waals surface area contributed by atoms with Gasteiger partial charge in [0.05, 0.1) is 19.0 Å². The highest BCUT2D eigenvalue weighted by Crippen LogP contribution is 2.31. The van der Waals surface area contributed by atoms with E-state index in [-0.39, 0.29) is 5.91 Å². The molecule has 1 aliphatic heterocycles. The molecule has 4 aromatic rings. The molecule has 0 saturated carbocycles. The van der Waals surface area contributed by atoms with Crippen LogP contribution >= 0.6 is 0 Å². The molecule has 1 fully saturated rings. The van der Waals surface area contributed by atoms with Gasteiger partial charge >= 0.3 is 0 Å². The number of fused-ring (bicyclic) bond motifs is 1. The topological polar surface area (TPSA) is 111 Å². The number of carbonyl (C=O) groups excluding carboxylic acids is 1. The lowest BCUT2D eigenvalue weighted by Gasteiger charge is -2.16. The van der Waals surface area contributed by atoms with Crippen LogP contribution in [-0.4, -0.2) is 45.6 Å². The lowest BCUT2D eigenvalue weighted by molar-refractivity contribution is 0.0946. The number of nitrogens with one attached hydrogen (secondary N) is 1. The third kappa shape index (κ3) is 4.75. The highest BCUT2D eigenvalue weighted by Gasteiger charge is 2.15. The minimum absolute atomic E-state index is 0.234. The zero-order chi connectivity index (χ0) is 24.4. The first-order valence-corrected chi connectivity index (χ1v) is 11.7. The molecule has 9 heteroatoms. The SMILES string of the molecule is COc1cc(CNC(=O)c2cn(Cc3ccc(N4CCCC4)nc3)c(C)n2)cc2ccnc(N)c12. The highest BCUT2D eigenvalue weighted by atomic mass is 16.5. The molecule has 5 rings (SSSR count). The highest BCUT2D eigenvalue weighted by molar-refractivity contribution is 5.97. The van der Waals surface area contributed by atoms with Crippen LogP contribution in [0.5, 0.6) is 5.75 Å². The molecule has 0 aliphatic carbocycles. The van der Waals surface area contributed by atoms with Crippen molar-refractivity contribution in [3.05, 3.63) is 71.6 Å². The van der Waals surface area contributed by atoms with Gasteiger partial charge in [-0.1, -0.05) is 6.07 Å². The summed E-state index contributed by atoms with van der Waals surface area (Å²) >= 11 is 0. The van der Waals surface area contributed by atoms with E-state index in [0.717, 1.165) is 46.6 Å². The van der Waals surface area contributed by atoms with Crippen molar-refractivity contribution in [1.29, 1.82) is 0 Å². The van der Waals surface area contributed by atoms with Gasteiger partial charge in [0.25, 0.3) is 5.91 Å². The van der Waals surface area contributed by atoms with E-state index in [1.807, 2.05) is 35.9 Å². The molecule has 0 spiro atoms. The number of nitrogens with zero attached hydrogens (tertiary/aromatic N) is 5. The van der Waals surface area contributed by atoms with E-state index >= 15 is 0 Å². The maximum Gasteiger partial charge on any atom is 0.271 e. The number of rotatable bonds is 7. The first kappa shape index (κ1) is 22.6. The number of benzene rings is 1. The molecular weight excluding hydrogens is 442 g/mol. The van der Waals surface area contributed by atoms with Gasteiger partial charge in [-0.05, 0) is 60.5 Å². The average molecular weight is 472 g/mol. The van der Waals surface area contributed by atoms with Crippen LogP contribution in [-0.2, 0) is 13.1 Å². The fourth-order valence-electron chi connectivity index (χ4n) is 4.52. The van der Waals surface area contributed by atoms with E-state index in [4.69, 9.17) is 10.5 Å². The quantitative estimate of drug-likeness (QED) is 0.425. The van der Waals surface area contributed by atoms with Crippen LogP contribution in [0.25, 0.3) is 10.8 Å². The van der Waals surface area contributed by atoms with Crippen molar-refractivity contribution in [3.63, 3.8) is 0 Å². The molecule has 9 nitrogen and oxygen atoms in total. The van der Waals surface area contributed by atoms with E-state index in [9.17, 15) is 4.79 Å². The average Bonchev–Trinajstić information content (AvgIpc) is 3.53. The smallest absolute Gasteiger partial charge is 0.271 e. The third-order valence-electron chi connectivity index (χ3n) is 6.39. The van der Waals surface area contributed by atoms with Crippen LogP contribution in [0.2, 0.25) is 0 Å². The van der Waals surface area contributed by atoms with E-state index < -0.39 is 0 Å². The Bertz CT molecular complexity index is 1360. The first-order chi connectivity index (χ1) is 17.0. The third-order valence-corrected chi connectivity index (χ3v) is 6.39. The molecule has 1 amide bonds. The summed E-state index contributed by atoms with van der Waals surface area (Å²) in [6, 6.07) is 9.87. The van der Waals surface area contributed by atoms with Crippen molar-refractivity contribution < 1.29 is 9.53 Å². The van der Waals surface area contributed by atoms with Gasteiger partial charge < -0.3 is 25.3 Å². The maximum absolute atomic E-state index is 12.8. The van der Waals surface area contributed by atoms with Crippen LogP contribution in [0.1, 0.15) is 40.3 Å². The Morgan fingerprint density at radius 1 is 1.14 bits per heavy atom. The predicted molar refractivity (Wildman–Crippen MR) is 136 cm³/mol. The number of nitrogens with two attached hydrogens (primary N) is 1. The molecule has 0 atom stereocenters. The summed E-state index contributed by atoms with van der Waals surface area (Å²) in [6.45, 7) is 4.98. The monoisotopic (exact) mass is 471 g/mol. The molecule has 1 aliphatic rings. The van der Waals surface area contributed by atoms with Crippen molar-refractivity contribution in [3.8, 4) is 5.75 Å². The number of methoxy groups -OCH3 is 1. The number of carbonyl (C=O) groups is 1. The maximum atomic E-state index is 12.8. The van der Waals surface area contributed by atoms with Gasteiger partial charge in [0.2, 0.25) is 0 Å². The fourth-order valence-corrected chi connectivity index (χ4v) is 4.52. The number of aromatic nitrogens is 4. The second-order valence-electron chi connectivity index (χ2n) is 8.80. The van der Waals surface area contributed by atoms with Gasteiger partial charge in [-0.25, -0.2) is 15.0 Å². The van der Waals surface area contributed by atoms with Crippen molar-refractivity contribution in [2.24, 2.45) is 0 Å². The largest absolute Gasteiger partial charge is 0.496 e. The van der Waals surface area contributed by atoms with Crippen LogP contribution in [0.3, 0.4) is 0 Å². The number of ether oxygens (including phenoxy) is 1. The number of hydrogen-bond acceptors (Lipinski definition) is 7. The Morgan fingerprint density at radius 3 is 2.71 bits per heavy atom. The molecule has 0 radical (unpaired) electrons. The van der Waals surface area contributed by atoms with Gasteiger partial charge in [0.1, 0.15) is 28.9 Å². The normalized spacial score (nSPS) is 13.4. The standard InChI is InChI=1S/C26H29N7O2/c1-17-31-21(16-33(17)15-18-5-6-23(29-13-18)32-9-3-4-10-32)26(34)30-14-19-11-20-7-8-28-25(27)24(20)22(12-19)35-2/h5-8,11-13,16H,3-4,9-10,14-15H2,1-2H3,(H2,27,28)(H,30,34). The van der Waals surface area contributed by atoms with Crippen molar-refractivity contribution >= 4 is 28.3 Å². The number of amides is 1. The van der Waals surface area contributed by atoms with E-state index in [1.54, 1.807) is 19.5 Å². The molecule has 3 aromatic heterocycles. The van der Waals surface area contributed by atoms with Gasteiger partial charge in [0.15, 0.2) is 0 Å². The number of anilines is 2. The second kappa shape index (κ2) is 9.61. The molecule has 1 saturated heterocycles. The number of hydrogen-bond donors (Lipinski definition) is 2. The van der Waals surface area contributed by atoms with Gasteiger partial charge in [-0.2, -0.15) is 0 Å². The van der Waals surface area contributed by atoms with Crippen LogP contribution < -0.4 is 20.7 Å². The molecule has 0 bridgehead atoms. The first-order valence-electron chi connectivity index (χ1n) is 11.7. The van der Waals surface area contributed by atoms with E-state index in [1.165, 1.54) is 12.8 Å². The Balaban J connectivity index is 1.25. The van der Waals surface area contributed by atoms with Crippen molar-refractivity contribution in [1.82, 2.24) is 24.8 Å². The number of nitrogen functional groups attached to an aromatic ring is 1. The summed E-state index contributed by atoms with van der Waals surface area (Å²) in [7, 11) is 1.59. The Labute approximate surface area is 204 Å². The molecule has 35 heavy (non-hydrogen) atoms. The van der Waals surface area contributed by atoms with Crippen LogP contribution in [0.4, 0.5) is 11.6 Å². The minimum atomic E-state index is -0.234. The lowest BCUT2D eigenvalue weighted by Crippen LogP contribution is -2.23. The van der Waals surface area contributed by atoms with Gasteiger partial charge in [-0.15, -0.1) is 0 Å². The predicted octanol–water partition coefficient (Wildman–Crippen LogP) is 3.30. The summed E-state index contributed by atoms with van der Waals surface area (Å²) < 4.78 is 7.46. The van der Waals surface area contributed by atoms with Crippen molar-refractivity contribution in [2.75, 3.05) is 30.8 Å². The molecule has 4 heterocycles. The summed E-state index contributed by atoms with van der Waals surface area (Å²) in [4.78, 5) is 28.4. The van der Waals surface area contributed by atoms with Gasteiger partial charge in [0, 0.05) is 38.2 Å². The summed E-state index contributed by atoms with van der Waals surface area (Å²) in [6.07, 6.45) is 7.80. The molecule has 1 aromatic carbocycles. The summed E-state index contributed by atoms with van der Waals surface area (Å²) in [5.74, 6) is 2.60. The van der Waals surface area contributed by atoms with Crippen LogP contribution in [0, 0.1) is 6.92 Å².